The molecule has 0 radical (unpaired) electrons. The van der Waals surface area contributed by atoms with Crippen LogP contribution in [0.5, 0.6) is 5.75 Å². The number of rotatable bonds is 5. The van der Waals surface area contributed by atoms with Crippen LogP contribution in [-0.2, 0) is 9.59 Å². The van der Waals surface area contributed by atoms with Gasteiger partial charge >= 0.3 is 0 Å². The number of methoxy groups -OCH3 is 1. The lowest BCUT2D eigenvalue weighted by Crippen LogP contribution is -2.36. The monoisotopic (exact) mass is 323 g/mol. The Morgan fingerprint density at radius 2 is 1.75 bits per heavy atom. The molecule has 6 nitrogen and oxygen atoms in total. The lowest BCUT2D eigenvalue weighted by Gasteiger charge is -2.20. The topological polar surface area (TPSA) is 82.4 Å². The van der Waals surface area contributed by atoms with Crippen molar-refractivity contribution in [2.75, 3.05) is 23.9 Å². The molecule has 0 aromatic heterocycles. The first-order valence-electron chi connectivity index (χ1n) is 7.25. The summed E-state index contributed by atoms with van der Waals surface area (Å²) in [4.78, 5) is 25.4. The van der Waals surface area contributed by atoms with E-state index in [4.69, 9.17) is 10.00 Å². The third-order valence-corrected chi connectivity index (χ3v) is 3.36. The number of nitrogens with zero attached hydrogens (tertiary/aromatic N) is 2. The van der Waals surface area contributed by atoms with Gasteiger partial charge in [0.1, 0.15) is 12.3 Å². The van der Waals surface area contributed by atoms with E-state index in [1.165, 1.54) is 11.8 Å². The van der Waals surface area contributed by atoms with E-state index in [0.29, 0.717) is 22.7 Å². The second-order valence-electron chi connectivity index (χ2n) is 5.04. The number of ether oxygens (including phenoxy) is 1. The molecule has 0 aliphatic carbocycles. The molecule has 2 aromatic carbocycles. The maximum Gasteiger partial charge on any atom is 0.244 e. The lowest BCUT2D eigenvalue weighted by molar-refractivity contribution is -0.120. The zero-order valence-corrected chi connectivity index (χ0v) is 13.4. The Hall–Kier alpha value is -3.33. The highest BCUT2D eigenvalue weighted by Gasteiger charge is 2.16. The molecule has 6 heteroatoms. The second-order valence-corrected chi connectivity index (χ2v) is 5.04. The molecule has 1 N–H and O–H groups in total. The molecule has 2 aromatic rings. The molecule has 0 fully saturated rings. The molecule has 0 saturated carbocycles. The highest BCUT2D eigenvalue weighted by Crippen LogP contribution is 2.17. The molecule has 2 rings (SSSR count). The number of anilines is 2. The number of carbonyl (C=O) groups excluding carboxylic acids is 2. The summed E-state index contributed by atoms with van der Waals surface area (Å²) >= 11 is 0. The molecule has 0 aliphatic heterocycles. The van der Waals surface area contributed by atoms with Crippen molar-refractivity contribution in [2.45, 2.75) is 6.92 Å². The van der Waals surface area contributed by atoms with Gasteiger partial charge in [0.2, 0.25) is 11.8 Å². The number of amides is 2. The lowest BCUT2D eigenvalue weighted by atomic mass is 10.2. The molecule has 122 valence electrons. The third kappa shape index (κ3) is 4.34. The molecule has 24 heavy (non-hydrogen) atoms. The standard InChI is InChI=1S/C18H17N3O3/c1-13(22)21(16-7-3-14(11-19)4-8-16)12-18(23)20-15-5-9-17(24-2)10-6-15/h3-10H,12H2,1-2H3,(H,20,23). The van der Waals surface area contributed by atoms with Crippen LogP contribution in [0, 0.1) is 11.3 Å². The van der Waals surface area contributed by atoms with Gasteiger partial charge in [0.05, 0.1) is 18.7 Å². The van der Waals surface area contributed by atoms with E-state index in [2.05, 4.69) is 5.32 Å². The van der Waals surface area contributed by atoms with Gasteiger partial charge in [0.15, 0.2) is 0 Å². The van der Waals surface area contributed by atoms with Gasteiger partial charge in [-0.1, -0.05) is 0 Å². The van der Waals surface area contributed by atoms with E-state index in [1.54, 1.807) is 55.6 Å². The van der Waals surface area contributed by atoms with Gasteiger partial charge in [-0.2, -0.15) is 5.26 Å². The number of nitrogens with one attached hydrogen (secondary N) is 1. The van der Waals surface area contributed by atoms with E-state index in [9.17, 15) is 9.59 Å². The van der Waals surface area contributed by atoms with Crippen LogP contribution in [0.4, 0.5) is 11.4 Å². The summed E-state index contributed by atoms with van der Waals surface area (Å²) < 4.78 is 5.06. The van der Waals surface area contributed by atoms with Crippen molar-refractivity contribution in [1.82, 2.24) is 0 Å². The van der Waals surface area contributed by atoms with Crippen LogP contribution in [0.1, 0.15) is 12.5 Å². The van der Waals surface area contributed by atoms with E-state index in [1.807, 2.05) is 6.07 Å². The minimum absolute atomic E-state index is 0.118. The molecule has 0 saturated heterocycles. The molecule has 2 amide bonds. The Bertz CT molecular complexity index is 762. The van der Waals surface area contributed by atoms with E-state index >= 15 is 0 Å². The summed E-state index contributed by atoms with van der Waals surface area (Å²) in [7, 11) is 1.57. The Morgan fingerprint density at radius 1 is 1.12 bits per heavy atom. The molecule has 0 bridgehead atoms. The van der Waals surface area contributed by atoms with Crippen LogP contribution < -0.4 is 15.0 Å². The Balaban J connectivity index is 2.07. The number of carbonyl (C=O) groups is 2. The molecule has 0 atom stereocenters. The van der Waals surface area contributed by atoms with Crippen LogP contribution in [0.25, 0.3) is 0 Å². The van der Waals surface area contributed by atoms with Crippen LogP contribution >= 0.6 is 0 Å². The molecular weight excluding hydrogens is 306 g/mol. The largest absolute Gasteiger partial charge is 0.497 e. The molecule has 0 unspecified atom stereocenters. The van der Waals surface area contributed by atoms with Gasteiger partial charge in [-0.3, -0.25) is 9.59 Å². The molecule has 0 aliphatic rings. The molecular formula is C18H17N3O3. The maximum absolute atomic E-state index is 12.2. The van der Waals surface area contributed by atoms with Crippen LogP contribution in [-0.4, -0.2) is 25.5 Å². The maximum atomic E-state index is 12.2. The van der Waals surface area contributed by atoms with E-state index in [-0.39, 0.29) is 18.4 Å². The van der Waals surface area contributed by atoms with Gasteiger partial charge in [-0.25, -0.2) is 0 Å². The SMILES string of the molecule is COc1ccc(NC(=O)CN(C(C)=O)c2ccc(C#N)cc2)cc1. The summed E-state index contributed by atoms with van der Waals surface area (Å²) in [5.41, 5.74) is 1.67. The summed E-state index contributed by atoms with van der Waals surface area (Å²) in [5.74, 6) is 0.111. The normalized spacial score (nSPS) is 9.71. The zero-order chi connectivity index (χ0) is 17.5. The van der Waals surface area contributed by atoms with Crippen molar-refractivity contribution in [3.8, 4) is 11.8 Å². The smallest absolute Gasteiger partial charge is 0.244 e. The number of hydrogen-bond donors (Lipinski definition) is 1. The number of nitriles is 1. The van der Waals surface area contributed by atoms with Crippen LogP contribution in [0.15, 0.2) is 48.5 Å². The first-order valence-corrected chi connectivity index (χ1v) is 7.25. The summed E-state index contributed by atoms with van der Waals surface area (Å²) in [6, 6.07) is 15.4. The van der Waals surface area contributed by atoms with Crippen molar-refractivity contribution in [3.05, 3.63) is 54.1 Å². The van der Waals surface area contributed by atoms with Gasteiger partial charge in [0, 0.05) is 18.3 Å². The third-order valence-electron chi connectivity index (χ3n) is 3.36. The summed E-state index contributed by atoms with van der Waals surface area (Å²) in [5, 5.41) is 11.5. The number of benzene rings is 2. The Labute approximate surface area is 140 Å². The first-order chi connectivity index (χ1) is 11.5. The Kier molecular flexibility index (Phi) is 5.53. The predicted octanol–water partition coefficient (Wildman–Crippen LogP) is 2.56. The van der Waals surface area contributed by atoms with Crippen LogP contribution in [0.3, 0.4) is 0 Å². The van der Waals surface area contributed by atoms with Gasteiger partial charge in [-0.15, -0.1) is 0 Å². The molecule has 0 heterocycles. The van der Waals surface area contributed by atoms with Crippen molar-refractivity contribution >= 4 is 23.2 Å². The highest BCUT2D eigenvalue weighted by molar-refractivity contribution is 6.01. The van der Waals surface area contributed by atoms with Gasteiger partial charge in [-0.05, 0) is 48.5 Å². The van der Waals surface area contributed by atoms with Crippen molar-refractivity contribution in [2.24, 2.45) is 0 Å². The zero-order valence-electron chi connectivity index (χ0n) is 13.4. The van der Waals surface area contributed by atoms with E-state index < -0.39 is 0 Å². The van der Waals surface area contributed by atoms with E-state index in [0.717, 1.165) is 0 Å². The van der Waals surface area contributed by atoms with Crippen molar-refractivity contribution in [1.29, 1.82) is 5.26 Å². The second kappa shape index (κ2) is 7.79. The highest BCUT2D eigenvalue weighted by atomic mass is 16.5. The summed E-state index contributed by atoms with van der Waals surface area (Å²) in [6.45, 7) is 1.27. The average Bonchev–Trinajstić information content (AvgIpc) is 2.60. The number of hydrogen-bond acceptors (Lipinski definition) is 4. The minimum atomic E-state index is -0.320. The Morgan fingerprint density at radius 3 is 2.25 bits per heavy atom. The van der Waals surface area contributed by atoms with Crippen molar-refractivity contribution < 1.29 is 14.3 Å². The average molecular weight is 323 g/mol. The fourth-order valence-electron chi connectivity index (χ4n) is 2.12. The molecule has 0 spiro atoms. The minimum Gasteiger partial charge on any atom is -0.497 e. The first kappa shape index (κ1) is 17.0. The quantitative estimate of drug-likeness (QED) is 0.916. The predicted molar refractivity (Wildman–Crippen MR) is 90.8 cm³/mol. The van der Waals surface area contributed by atoms with Gasteiger partial charge < -0.3 is 15.0 Å². The van der Waals surface area contributed by atoms with Crippen LogP contribution in [0.2, 0.25) is 0 Å². The fourth-order valence-corrected chi connectivity index (χ4v) is 2.12. The fraction of sp³-hybridized carbons (Fsp3) is 0.167. The van der Waals surface area contributed by atoms with Gasteiger partial charge in [0.25, 0.3) is 0 Å². The summed E-state index contributed by atoms with van der Waals surface area (Å²) in [6.07, 6.45) is 0. The van der Waals surface area contributed by atoms with Crippen molar-refractivity contribution in [3.63, 3.8) is 0 Å².